The van der Waals surface area contributed by atoms with Gasteiger partial charge in [0.1, 0.15) is 11.5 Å². The summed E-state index contributed by atoms with van der Waals surface area (Å²) in [5.74, 6) is 0.842. The minimum Gasteiger partial charge on any atom is -0.466 e. The number of carbonyl (C=O) groups is 3. The third kappa shape index (κ3) is 5.56. The normalized spacial score (nSPS) is 18.8. The van der Waals surface area contributed by atoms with Crippen molar-refractivity contribution in [2.75, 3.05) is 33.3 Å². The smallest absolute Gasteiger partial charge is 0.338 e. The molecule has 1 saturated heterocycles. The SMILES string of the molecule is COC(=O)C1=C(C)N=C2SC=C(CC(=O)N3CCN(C(C)=O)CC3)N2[C@@H]1c1cccc(Oc2ccccc2)c1. The average Bonchev–Trinajstić information content (AvgIpc) is 3.34. The zero-order valence-electron chi connectivity index (χ0n) is 22.1. The Bertz CT molecular complexity index is 1380. The molecule has 3 aliphatic heterocycles. The van der Waals surface area contributed by atoms with Gasteiger partial charge in [-0.3, -0.25) is 9.59 Å². The largest absolute Gasteiger partial charge is 0.466 e. The zero-order valence-corrected chi connectivity index (χ0v) is 22.9. The summed E-state index contributed by atoms with van der Waals surface area (Å²) in [6.07, 6.45) is 0.149. The maximum atomic E-state index is 13.3. The van der Waals surface area contributed by atoms with Crippen molar-refractivity contribution in [3.63, 3.8) is 0 Å². The van der Waals surface area contributed by atoms with Crippen molar-refractivity contribution in [3.05, 3.63) is 82.5 Å². The fourth-order valence-electron chi connectivity index (χ4n) is 4.97. The van der Waals surface area contributed by atoms with Crippen LogP contribution in [0.25, 0.3) is 0 Å². The van der Waals surface area contributed by atoms with Gasteiger partial charge in [0.05, 0.1) is 30.8 Å². The van der Waals surface area contributed by atoms with Crippen LogP contribution in [0.1, 0.15) is 31.9 Å². The highest BCUT2D eigenvalue weighted by molar-refractivity contribution is 8.16. The number of amidine groups is 1. The maximum Gasteiger partial charge on any atom is 0.338 e. The average molecular weight is 547 g/mol. The van der Waals surface area contributed by atoms with Gasteiger partial charge in [0, 0.05) is 38.8 Å². The van der Waals surface area contributed by atoms with Gasteiger partial charge in [-0.1, -0.05) is 42.1 Å². The second-order valence-electron chi connectivity index (χ2n) is 9.44. The van der Waals surface area contributed by atoms with Crippen molar-refractivity contribution >= 4 is 34.7 Å². The lowest BCUT2D eigenvalue weighted by molar-refractivity contribution is -0.138. The molecule has 2 aromatic rings. The lowest BCUT2D eigenvalue weighted by Gasteiger charge is -2.37. The van der Waals surface area contributed by atoms with E-state index in [2.05, 4.69) is 0 Å². The van der Waals surface area contributed by atoms with E-state index in [1.54, 1.807) is 23.6 Å². The third-order valence-electron chi connectivity index (χ3n) is 6.97. The molecule has 0 radical (unpaired) electrons. The molecule has 0 bridgehead atoms. The van der Waals surface area contributed by atoms with E-state index in [9.17, 15) is 14.4 Å². The number of amides is 2. The molecule has 0 N–H and O–H groups in total. The standard InChI is InChI=1S/C29H30N4O5S/c1-19-26(28(36)37-3)27(21-8-7-11-24(16-21)38-23-9-5-4-6-10-23)33-22(18-39-29(33)30-19)17-25(35)32-14-12-31(13-15-32)20(2)34/h4-11,16,18,27H,12-15,17H2,1-3H3/t27-/m1/s1. The van der Waals surface area contributed by atoms with Crippen molar-refractivity contribution in [1.82, 2.24) is 14.7 Å². The Kier molecular flexibility index (Phi) is 7.74. The van der Waals surface area contributed by atoms with Gasteiger partial charge in [-0.2, -0.15) is 0 Å². The number of fused-ring (bicyclic) bond motifs is 1. The van der Waals surface area contributed by atoms with Crippen molar-refractivity contribution in [1.29, 1.82) is 0 Å². The van der Waals surface area contributed by atoms with Crippen molar-refractivity contribution in [3.8, 4) is 11.5 Å². The molecule has 202 valence electrons. The Morgan fingerprint density at radius 2 is 1.67 bits per heavy atom. The van der Waals surface area contributed by atoms with Crippen LogP contribution in [0.3, 0.4) is 0 Å². The summed E-state index contributed by atoms with van der Waals surface area (Å²) in [5, 5.41) is 2.62. The molecule has 0 spiro atoms. The predicted octanol–water partition coefficient (Wildman–Crippen LogP) is 4.31. The molecule has 0 aliphatic carbocycles. The molecule has 0 unspecified atom stereocenters. The van der Waals surface area contributed by atoms with E-state index in [1.807, 2.05) is 64.9 Å². The van der Waals surface area contributed by atoms with Crippen LogP contribution in [0.2, 0.25) is 0 Å². The van der Waals surface area contributed by atoms with Crippen LogP contribution in [0.5, 0.6) is 11.5 Å². The van der Waals surface area contributed by atoms with Crippen LogP contribution in [-0.4, -0.2) is 70.9 Å². The first-order valence-electron chi connectivity index (χ1n) is 12.7. The van der Waals surface area contributed by atoms with E-state index in [4.69, 9.17) is 14.5 Å². The first-order chi connectivity index (χ1) is 18.9. The Morgan fingerprint density at radius 3 is 2.36 bits per heavy atom. The summed E-state index contributed by atoms with van der Waals surface area (Å²) in [6.45, 7) is 5.38. The number of allylic oxidation sites excluding steroid dienone is 1. The molecule has 3 aliphatic rings. The van der Waals surface area contributed by atoms with Gasteiger partial charge in [-0.05, 0) is 42.2 Å². The Balaban J connectivity index is 1.43. The fraction of sp³-hybridized carbons (Fsp3) is 0.310. The summed E-state index contributed by atoms with van der Waals surface area (Å²) in [4.78, 5) is 48.2. The zero-order chi connectivity index (χ0) is 27.5. The number of thioether (sulfide) groups is 1. The van der Waals surface area contributed by atoms with E-state index in [0.29, 0.717) is 54.1 Å². The molecular weight excluding hydrogens is 516 g/mol. The lowest BCUT2D eigenvalue weighted by Crippen LogP contribution is -2.50. The Morgan fingerprint density at radius 1 is 0.974 bits per heavy atom. The third-order valence-corrected chi connectivity index (χ3v) is 7.86. The number of aliphatic imine (C=N–C) groups is 1. The van der Waals surface area contributed by atoms with Gasteiger partial charge in [0.15, 0.2) is 5.17 Å². The molecule has 1 fully saturated rings. The molecule has 5 rings (SSSR count). The molecule has 9 nitrogen and oxygen atoms in total. The molecule has 1 atom stereocenters. The Hall–Kier alpha value is -4.05. The number of methoxy groups -OCH3 is 1. The number of piperazine rings is 1. The van der Waals surface area contributed by atoms with Crippen LogP contribution in [-0.2, 0) is 19.1 Å². The van der Waals surface area contributed by atoms with Gasteiger partial charge < -0.3 is 24.2 Å². The number of esters is 1. The Labute approximate surface area is 231 Å². The van der Waals surface area contributed by atoms with E-state index in [1.165, 1.54) is 18.9 Å². The first-order valence-corrected chi connectivity index (χ1v) is 13.6. The van der Waals surface area contributed by atoms with Crippen LogP contribution >= 0.6 is 11.8 Å². The summed E-state index contributed by atoms with van der Waals surface area (Å²) in [6, 6.07) is 16.5. The number of rotatable bonds is 6. The number of hydrogen-bond donors (Lipinski definition) is 0. The molecule has 3 heterocycles. The summed E-state index contributed by atoms with van der Waals surface area (Å²) in [7, 11) is 1.35. The predicted molar refractivity (Wildman–Crippen MR) is 149 cm³/mol. The van der Waals surface area contributed by atoms with E-state index in [0.717, 1.165) is 11.3 Å². The molecule has 0 saturated carbocycles. The minimum atomic E-state index is -0.548. The van der Waals surface area contributed by atoms with Crippen molar-refractivity contribution in [2.45, 2.75) is 26.3 Å². The summed E-state index contributed by atoms with van der Waals surface area (Å²) in [5.41, 5.74) is 2.55. The number of ether oxygens (including phenoxy) is 2. The van der Waals surface area contributed by atoms with Gasteiger partial charge in [-0.15, -0.1) is 0 Å². The van der Waals surface area contributed by atoms with Crippen LogP contribution in [0, 0.1) is 0 Å². The molecule has 2 amide bonds. The molecule has 0 aromatic heterocycles. The van der Waals surface area contributed by atoms with Crippen LogP contribution < -0.4 is 4.74 Å². The highest BCUT2D eigenvalue weighted by Crippen LogP contribution is 2.45. The molecular formula is C29H30N4O5S. The second kappa shape index (κ2) is 11.4. The monoisotopic (exact) mass is 546 g/mol. The number of nitrogens with zero attached hydrogens (tertiary/aromatic N) is 4. The molecule has 2 aromatic carbocycles. The van der Waals surface area contributed by atoms with Crippen LogP contribution in [0.15, 0.2) is 82.0 Å². The number of para-hydroxylation sites is 1. The van der Waals surface area contributed by atoms with E-state index < -0.39 is 12.0 Å². The van der Waals surface area contributed by atoms with Crippen LogP contribution in [0.4, 0.5) is 0 Å². The minimum absolute atomic E-state index is 0.0185. The topological polar surface area (TPSA) is 91.8 Å². The number of benzene rings is 2. The van der Waals surface area contributed by atoms with Gasteiger partial charge in [-0.25, -0.2) is 9.79 Å². The first kappa shape index (κ1) is 26.6. The van der Waals surface area contributed by atoms with Crippen molar-refractivity contribution in [2.24, 2.45) is 4.99 Å². The summed E-state index contributed by atoms with van der Waals surface area (Å²) >= 11 is 1.43. The lowest BCUT2D eigenvalue weighted by atomic mass is 9.93. The van der Waals surface area contributed by atoms with Crippen molar-refractivity contribution < 1.29 is 23.9 Å². The quantitative estimate of drug-likeness (QED) is 0.499. The second-order valence-corrected chi connectivity index (χ2v) is 10.3. The van der Waals surface area contributed by atoms with Gasteiger partial charge >= 0.3 is 5.97 Å². The highest BCUT2D eigenvalue weighted by atomic mass is 32.2. The molecule has 10 heteroatoms. The van der Waals surface area contributed by atoms with E-state index in [-0.39, 0.29) is 18.2 Å². The fourth-order valence-corrected chi connectivity index (χ4v) is 5.93. The van der Waals surface area contributed by atoms with Gasteiger partial charge in [0.25, 0.3) is 0 Å². The number of hydrogen-bond acceptors (Lipinski definition) is 8. The van der Waals surface area contributed by atoms with E-state index >= 15 is 0 Å². The highest BCUT2D eigenvalue weighted by Gasteiger charge is 2.41. The number of carbonyl (C=O) groups excluding carboxylic acids is 3. The van der Waals surface area contributed by atoms with Gasteiger partial charge in [0.2, 0.25) is 11.8 Å². The summed E-state index contributed by atoms with van der Waals surface area (Å²) < 4.78 is 11.2. The maximum absolute atomic E-state index is 13.3. The molecule has 39 heavy (non-hydrogen) atoms.